The summed E-state index contributed by atoms with van der Waals surface area (Å²) < 4.78 is 11.3. The highest BCUT2D eigenvalue weighted by molar-refractivity contribution is 7.99. The van der Waals surface area contributed by atoms with Crippen molar-refractivity contribution >= 4 is 17.7 Å². The van der Waals surface area contributed by atoms with Crippen LogP contribution in [0.2, 0.25) is 0 Å². The van der Waals surface area contributed by atoms with E-state index in [0.717, 1.165) is 25.0 Å². The first kappa shape index (κ1) is 35.6. The highest BCUT2D eigenvalue weighted by Crippen LogP contribution is 2.25. The summed E-state index contributed by atoms with van der Waals surface area (Å²) in [5.41, 5.74) is 0. The van der Waals surface area contributed by atoms with Crippen molar-refractivity contribution in [1.29, 1.82) is 0 Å². The molecule has 1 rings (SSSR count). The van der Waals surface area contributed by atoms with Gasteiger partial charge in [0.25, 0.3) is 0 Å². The first-order valence-corrected chi connectivity index (χ1v) is 15.9. The molecule has 38 heavy (non-hydrogen) atoms. The topological polar surface area (TPSA) is 149 Å². The zero-order valence-corrected chi connectivity index (χ0v) is 24.6. The lowest BCUT2D eigenvalue weighted by molar-refractivity contribution is -0.294. The summed E-state index contributed by atoms with van der Waals surface area (Å²) in [6.45, 7) is 5.26. The van der Waals surface area contributed by atoms with E-state index in [2.05, 4.69) is 12.2 Å². The summed E-state index contributed by atoms with van der Waals surface area (Å²) in [7, 11) is 0. The fourth-order valence-electron chi connectivity index (χ4n) is 4.74. The number of amides is 1. The maximum atomic E-state index is 11.7. The molecular weight excluding hydrogens is 510 g/mol. The lowest BCUT2D eigenvalue weighted by atomic mass is 9.98. The smallest absolute Gasteiger partial charge is 0.217 e. The van der Waals surface area contributed by atoms with Crippen LogP contribution in [0, 0.1) is 0 Å². The Bertz CT molecular complexity index is 601. The molecule has 0 aliphatic carbocycles. The summed E-state index contributed by atoms with van der Waals surface area (Å²) in [5, 5.41) is 54.6. The molecule has 1 amide bonds. The summed E-state index contributed by atoms with van der Waals surface area (Å²) in [6.07, 6.45) is 6.40. The number of hydrogen-bond acceptors (Lipinski definition) is 9. The number of aliphatic hydroxyl groups is 5. The number of rotatable bonds is 22. The van der Waals surface area contributed by atoms with Crippen molar-refractivity contribution in [2.24, 2.45) is 0 Å². The number of aliphatic hydroxyl groups excluding tert-OH is 5. The molecule has 1 fully saturated rings. The molecule has 1 aliphatic rings. The molecule has 9 nitrogen and oxygen atoms in total. The van der Waals surface area contributed by atoms with Crippen LogP contribution in [0.25, 0.3) is 0 Å². The van der Waals surface area contributed by atoms with Crippen LogP contribution in [0.4, 0.5) is 0 Å². The Morgan fingerprint density at radius 3 is 1.95 bits per heavy atom. The van der Waals surface area contributed by atoms with E-state index in [-0.39, 0.29) is 6.61 Å². The molecule has 10 heteroatoms. The molecule has 1 saturated heterocycles. The van der Waals surface area contributed by atoms with Crippen LogP contribution in [0.5, 0.6) is 0 Å². The molecule has 0 aromatic carbocycles. The minimum absolute atomic E-state index is 0.242. The largest absolute Gasteiger partial charge is 0.390 e. The van der Waals surface area contributed by atoms with Crippen LogP contribution < -0.4 is 5.32 Å². The van der Waals surface area contributed by atoms with Crippen molar-refractivity contribution < 1.29 is 39.8 Å². The Hall–Kier alpha value is -0.460. The molecule has 6 N–H and O–H groups in total. The summed E-state index contributed by atoms with van der Waals surface area (Å²) in [5.74, 6) is 0.814. The molecule has 1 aliphatic heterocycles. The van der Waals surface area contributed by atoms with Gasteiger partial charge in [-0.3, -0.25) is 4.79 Å². The molecule has 0 saturated carbocycles. The fourth-order valence-corrected chi connectivity index (χ4v) is 5.49. The van der Waals surface area contributed by atoms with E-state index in [9.17, 15) is 30.3 Å². The Morgan fingerprint density at radius 1 is 0.868 bits per heavy atom. The van der Waals surface area contributed by atoms with E-state index in [0.29, 0.717) is 12.2 Å². The molecular formula is C28H55NO8S. The molecule has 0 aromatic heterocycles. The van der Waals surface area contributed by atoms with Crippen molar-refractivity contribution in [1.82, 2.24) is 5.32 Å². The first-order valence-electron chi connectivity index (χ1n) is 14.7. The van der Waals surface area contributed by atoms with Crippen molar-refractivity contribution in [3.8, 4) is 0 Å². The second-order valence-corrected chi connectivity index (χ2v) is 11.9. The Balaban J connectivity index is 2.39. The highest BCUT2D eigenvalue weighted by atomic mass is 32.2. The van der Waals surface area contributed by atoms with Gasteiger partial charge in [0.1, 0.15) is 24.4 Å². The average Bonchev–Trinajstić information content (AvgIpc) is 2.89. The molecule has 226 valence electrons. The van der Waals surface area contributed by atoms with Crippen LogP contribution >= 0.6 is 11.8 Å². The molecule has 3 unspecified atom stereocenters. The van der Waals surface area contributed by atoms with Gasteiger partial charge in [0.15, 0.2) is 6.29 Å². The van der Waals surface area contributed by atoms with E-state index in [4.69, 9.17) is 9.47 Å². The Morgan fingerprint density at radius 2 is 1.42 bits per heavy atom. The van der Waals surface area contributed by atoms with Gasteiger partial charge in [0.05, 0.1) is 24.9 Å². The van der Waals surface area contributed by atoms with Gasteiger partial charge in [-0.15, -0.1) is 0 Å². The summed E-state index contributed by atoms with van der Waals surface area (Å²) >= 11 is 1.52. The van der Waals surface area contributed by atoms with E-state index in [1.165, 1.54) is 76.5 Å². The lowest BCUT2D eigenvalue weighted by Crippen LogP contribution is -2.60. The maximum Gasteiger partial charge on any atom is 0.217 e. The second kappa shape index (κ2) is 21.3. The zero-order chi connectivity index (χ0) is 28.3. The third-order valence-corrected chi connectivity index (χ3v) is 8.12. The molecule has 0 aromatic rings. The predicted molar refractivity (Wildman–Crippen MR) is 151 cm³/mol. The molecule has 8 atom stereocenters. The summed E-state index contributed by atoms with van der Waals surface area (Å²) in [4.78, 5) is 11.7. The molecule has 1 heterocycles. The third-order valence-electron chi connectivity index (χ3n) is 7.14. The minimum Gasteiger partial charge on any atom is -0.390 e. The van der Waals surface area contributed by atoms with Crippen LogP contribution in [0.1, 0.15) is 104 Å². The number of thioether (sulfide) groups is 1. The van der Waals surface area contributed by atoms with Crippen LogP contribution in [-0.2, 0) is 14.3 Å². The van der Waals surface area contributed by atoms with Gasteiger partial charge in [0, 0.05) is 12.7 Å². The zero-order valence-electron chi connectivity index (χ0n) is 23.8. The van der Waals surface area contributed by atoms with Crippen molar-refractivity contribution in [3.63, 3.8) is 0 Å². The number of hydrogen-bond donors (Lipinski definition) is 6. The van der Waals surface area contributed by atoms with Gasteiger partial charge in [0.2, 0.25) is 5.91 Å². The van der Waals surface area contributed by atoms with Crippen LogP contribution in [0.15, 0.2) is 0 Å². The number of unbranched alkanes of at least 4 members (excludes halogenated alkanes) is 11. The van der Waals surface area contributed by atoms with Crippen molar-refractivity contribution in [2.45, 2.75) is 153 Å². The second-order valence-electron chi connectivity index (χ2n) is 10.6. The number of carbonyl (C=O) groups is 1. The Kier molecular flexibility index (Phi) is 19.9. The quantitative estimate of drug-likeness (QED) is 0.109. The highest BCUT2D eigenvalue weighted by Gasteiger charge is 2.44. The van der Waals surface area contributed by atoms with E-state index in [1.807, 2.05) is 6.92 Å². The fraction of sp³-hybridized carbons (Fsp3) is 0.964. The summed E-state index contributed by atoms with van der Waals surface area (Å²) in [6, 6.07) is -0.928. The lowest BCUT2D eigenvalue weighted by Gasteiger charge is -2.41. The van der Waals surface area contributed by atoms with Gasteiger partial charge < -0.3 is 40.3 Å². The van der Waals surface area contributed by atoms with Gasteiger partial charge in [-0.2, -0.15) is 11.8 Å². The normalized spacial score (nSPS) is 26.2. The number of nitrogens with one attached hydrogen (secondary N) is 1. The number of carbonyl (C=O) groups excluding carboxylic acids is 1. The Labute approximate surface area is 234 Å². The van der Waals surface area contributed by atoms with E-state index in [1.54, 1.807) is 0 Å². The van der Waals surface area contributed by atoms with Gasteiger partial charge in [-0.1, -0.05) is 90.9 Å². The molecule has 0 radical (unpaired) electrons. The van der Waals surface area contributed by atoms with Crippen LogP contribution in [0.3, 0.4) is 0 Å². The first-order chi connectivity index (χ1) is 18.2. The van der Waals surface area contributed by atoms with Crippen molar-refractivity contribution in [3.05, 3.63) is 0 Å². The van der Waals surface area contributed by atoms with Crippen LogP contribution in [-0.4, -0.2) is 98.5 Å². The SMILES string of the molecule is CCCCCCCCCCCCCC[C@@H](O)C(O)[C@H](CO[C@H]1OC(CSCC)[C@H](O)[C@H](O)C1O)NC(C)=O. The van der Waals surface area contributed by atoms with E-state index < -0.39 is 54.9 Å². The molecule has 0 spiro atoms. The maximum absolute atomic E-state index is 11.7. The van der Waals surface area contributed by atoms with Gasteiger partial charge >= 0.3 is 0 Å². The monoisotopic (exact) mass is 565 g/mol. The van der Waals surface area contributed by atoms with E-state index >= 15 is 0 Å². The van der Waals surface area contributed by atoms with Crippen molar-refractivity contribution in [2.75, 3.05) is 18.1 Å². The minimum atomic E-state index is -1.49. The molecule has 0 bridgehead atoms. The van der Waals surface area contributed by atoms with Gasteiger partial charge in [-0.05, 0) is 12.2 Å². The standard InChI is InChI=1S/C28H55NO8S/c1-4-6-7-8-9-10-11-12-13-14-15-16-17-22(31)24(32)21(29-20(3)30)18-36-28-27(35)26(34)25(33)23(37-28)19-38-5-2/h21-28,31-35H,4-19H2,1-3H3,(H,29,30)/t21-,22+,23?,24?,25-,26-,27?,28-/m0/s1. The predicted octanol–water partition coefficient (Wildman–Crippen LogP) is 2.88. The third kappa shape index (κ3) is 14.3. The number of ether oxygens (including phenoxy) is 2. The average molecular weight is 566 g/mol. The van der Waals surface area contributed by atoms with Gasteiger partial charge in [-0.25, -0.2) is 0 Å².